The first-order chi connectivity index (χ1) is 27.0. The molecule has 9 rings (SSSR count). The van der Waals surface area contributed by atoms with Crippen molar-refractivity contribution in [3.8, 4) is 0 Å². The molecule has 1 unspecified atom stereocenters. The standard InChI is InChI=1S/C43H46N10O2/c1-3-17-49-25-36-28-55-43(54)53(36)27-38-40(49)45-30-47-42(38)51(20-32-13-8-5-9-14-32)21-33-15-10-16-34(18-33)22-52-24-35-23-50(35)26-37-39(44-29-46-41(37)52)48(2)19-31-11-6-4-7-12-31/h3-16,18,29-30,35-36H,1,17,19-28H2,2H3/t35-,36+,50?/m1/s1. The first-order valence-corrected chi connectivity index (χ1v) is 19.1. The smallest absolute Gasteiger partial charge is 0.410 e. The predicted octanol–water partition coefficient (Wildman–Crippen LogP) is 5.64. The zero-order valence-corrected chi connectivity index (χ0v) is 31.2. The summed E-state index contributed by atoms with van der Waals surface area (Å²) in [7, 11) is 2.12. The van der Waals surface area contributed by atoms with Gasteiger partial charge in [0, 0.05) is 72.0 Å². The number of rotatable bonds is 12. The van der Waals surface area contributed by atoms with Gasteiger partial charge in [0.25, 0.3) is 0 Å². The third-order valence-electron chi connectivity index (χ3n) is 11.1. The lowest BCUT2D eigenvalue weighted by atomic mass is 10.1. The molecule has 3 atom stereocenters. The summed E-state index contributed by atoms with van der Waals surface area (Å²) < 4.78 is 5.51. The minimum atomic E-state index is -0.293. The fraction of sp³-hybridized carbons (Fsp3) is 0.326. The highest BCUT2D eigenvalue weighted by Crippen LogP contribution is 2.38. The molecular weight excluding hydrogens is 689 g/mol. The molecule has 280 valence electrons. The lowest BCUT2D eigenvalue weighted by molar-refractivity contribution is 0.156. The van der Waals surface area contributed by atoms with Gasteiger partial charge < -0.3 is 24.3 Å². The van der Waals surface area contributed by atoms with Crippen LogP contribution in [0.5, 0.6) is 0 Å². The van der Waals surface area contributed by atoms with E-state index in [1.165, 1.54) is 27.8 Å². The first kappa shape index (κ1) is 34.7. The van der Waals surface area contributed by atoms with Crippen LogP contribution in [0, 0.1) is 0 Å². The van der Waals surface area contributed by atoms with Crippen LogP contribution in [0.25, 0.3) is 0 Å². The molecule has 0 N–H and O–H groups in total. The second kappa shape index (κ2) is 15.0. The lowest BCUT2D eigenvalue weighted by Crippen LogP contribution is -2.40. The van der Waals surface area contributed by atoms with Crippen LogP contribution in [0.2, 0.25) is 0 Å². The Labute approximate surface area is 322 Å². The monoisotopic (exact) mass is 734 g/mol. The maximum absolute atomic E-state index is 12.9. The van der Waals surface area contributed by atoms with Gasteiger partial charge >= 0.3 is 6.09 Å². The van der Waals surface area contributed by atoms with E-state index >= 15 is 0 Å². The number of hydrogen-bond acceptors (Lipinski definition) is 11. The normalized spacial score (nSPS) is 19.6. The molecule has 0 aliphatic carbocycles. The fourth-order valence-electron chi connectivity index (χ4n) is 8.36. The summed E-state index contributed by atoms with van der Waals surface area (Å²) in [5.74, 6) is 3.65. The number of carbonyl (C=O) groups excluding carboxylic acids is 1. The van der Waals surface area contributed by atoms with Crippen LogP contribution >= 0.6 is 0 Å². The van der Waals surface area contributed by atoms with E-state index in [1.54, 1.807) is 12.7 Å². The average molecular weight is 735 g/mol. The number of cyclic esters (lactones) is 1. The summed E-state index contributed by atoms with van der Waals surface area (Å²) >= 11 is 0. The molecule has 0 spiro atoms. The molecule has 12 nitrogen and oxygen atoms in total. The van der Waals surface area contributed by atoms with Crippen molar-refractivity contribution in [2.24, 2.45) is 0 Å². The zero-order chi connectivity index (χ0) is 37.3. The predicted molar refractivity (Wildman–Crippen MR) is 214 cm³/mol. The first-order valence-electron chi connectivity index (χ1n) is 19.1. The van der Waals surface area contributed by atoms with Crippen molar-refractivity contribution in [3.05, 3.63) is 144 Å². The Morgan fingerprint density at radius 1 is 0.727 bits per heavy atom. The second-order valence-electron chi connectivity index (χ2n) is 15.0. The molecule has 4 aliphatic heterocycles. The number of aromatic nitrogens is 4. The van der Waals surface area contributed by atoms with E-state index in [9.17, 15) is 4.79 Å². The van der Waals surface area contributed by atoms with E-state index in [-0.39, 0.29) is 12.1 Å². The van der Waals surface area contributed by atoms with Gasteiger partial charge in [-0.25, -0.2) is 24.7 Å². The van der Waals surface area contributed by atoms with Crippen molar-refractivity contribution in [1.29, 1.82) is 0 Å². The Bertz CT molecular complexity index is 2170. The van der Waals surface area contributed by atoms with Gasteiger partial charge in [-0.15, -0.1) is 6.58 Å². The molecule has 5 aromatic rings. The van der Waals surface area contributed by atoms with Crippen LogP contribution in [0.3, 0.4) is 0 Å². The number of ether oxygens (including phenoxy) is 1. The molecule has 55 heavy (non-hydrogen) atoms. The summed E-state index contributed by atoms with van der Waals surface area (Å²) in [6.45, 7) is 11.6. The van der Waals surface area contributed by atoms with Gasteiger partial charge in [0.05, 0.1) is 23.7 Å². The molecule has 0 bridgehead atoms. The summed E-state index contributed by atoms with van der Waals surface area (Å²) in [5, 5.41) is 0. The summed E-state index contributed by atoms with van der Waals surface area (Å²) in [6.07, 6.45) is 4.96. The van der Waals surface area contributed by atoms with Crippen LogP contribution in [0.1, 0.15) is 33.4 Å². The van der Waals surface area contributed by atoms with Gasteiger partial charge in [0.15, 0.2) is 0 Å². The Kier molecular flexibility index (Phi) is 9.49. The van der Waals surface area contributed by atoms with Crippen molar-refractivity contribution in [2.75, 3.05) is 59.4 Å². The van der Waals surface area contributed by atoms with Crippen LogP contribution in [-0.4, -0.2) is 87.7 Å². The Morgan fingerprint density at radius 2 is 1.36 bits per heavy atom. The van der Waals surface area contributed by atoms with E-state index in [0.29, 0.717) is 45.4 Å². The molecule has 2 aromatic heterocycles. The highest BCUT2D eigenvalue weighted by Gasteiger charge is 2.41. The van der Waals surface area contributed by atoms with Gasteiger partial charge in [-0.05, 0) is 22.3 Å². The SMILES string of the molecule is C=CCN1C[C@H]2COC(=O)N2Cc2c(N(Cc3ccccc3)Cc3cccc(CN4C[C@H]5CN5Cc5c(N(C)Cc6ccccc6)ncnc54)c3)ncnc21. The van der Waals surface area contributed by atoms with E-state index < -0.39 is 0 Å². The minimum Gasteiger partial charge on any atom is -0.447 e. The number of amides is 1. The van der Waals surface area contributed by atoms with Gasteiger partial charge in [-0.3, -0.25) is 9.80 Å². The van der Waals surface area contributed by atoms with Crippen LogP contribution in [0.4, 0.5) is 28.1 Å². The van der Waals surface area contributed by atoms with Crippen molar-refractivity contribution in [3.63, 3.8) is 0 Å². The minimum absolute atomic E-state index is 0.0637. The third kappa shape index (κ3) is 7.29. The van der Waals surface area contributed by atoms with Crippen LogP contribution in [-0.2, 0) is 44.0 Å². The summed E-state index contributed by atoms with van der Waals surface area (Å²) in [4.78, 5) is 45.9. The molecule has 0 saturated carbocycles. The average Bonchev–Trinajstić information content (AvgIpc) is 3.91. The van der Waals surface area contributed by atoms with E-state index in [1.807, 2.05) is 17.0 Å². The largest absolute Gasteiger partial charge is 0.447 e. The molecule has 2 saturated heterocycles. The Balaban J connectivity index is 1.02. The fourth-order valence-corrected chi connectivity index (χ4v) is 8.36. The molecule has 6 heterocycles. The Morgan fingerprint density at radius 3 is 2.13 bits per heavy atom. The zero-order valence-electron chi connectivity index (χ0n) is 31.2. The molecule has 2 fully saturated rings. The maximum Gasteiger partial charge on any atom is 0.410 e. The highest BCUT2D eigenvalue weighted by atomic mass is 16.6. The lowest BCUT2D eigenvalue weighted by Gasteiger charge is -2.29. The van der Waals surface area contributed by atoms with Gasteiger partial charge in [-0.2, -0.15) is 0 Å². The number of fused-ring (bicyclic) bond motifs is 4. The molecule has 4 aliphatic rings. The summed E-state index contributed by atoms with van der Waals surface area (Å²) in [6, 6.07) is 30.3. The van der Waals surface area contributed by atoms with E-state index in [0.717, 1.165) is 61.6 Å². The number of hydrogen-bond donors (Lipinski definition) is 0. The van der Waals surface area contributed by atoms with Gasteiger partial charge in [0.2, 0.25) is 0 Å². The van der Waals surface area contributed by atoms with Crippen LogP contribution in [0.15, 0.2) is 110 Å². The van der Waals surface area contributed by atoms with Gasteiger partial charge in [-0.1, -0.05) is 91.0 Å². The molecule has 3 aromatic carbocycles. The molecular formula is C43H46N10O2. The van der Waals surface area contributed by atoms with Crippen molar-refractivity contribution >= 4 is 29.4 Å². The number of carbonyl (C=O) groups is 1. The molecule has 1 amide bonds. The topological polar surface area (TPSA) is 97.1 Å². The quantitative estimate of drug-likeness (QED) is 0.118. The van der Waals surface area contributed by atoms with Crippen molar-refractivity contribution < 1.29 is 9.53 Å². The second-order valence-corrected chi connectivity index (χ2v) is 15.0. The van der Waals surface area contributed by atoms with Crippen LogP contribution < -0.4 is 19.6 Å². The number of anilines is 4. The van der Waals surface area contributed by atoms with Gasteiger partial charge in [0.1, 0.15) is 42.5 Å². The molecule has 12 heteroatoms. The molecule has 0 radical (unpaired) electrons. The van der Waals surface area contributed by atoms with E-state index in [4.69, 9.17) is 24.7 Å². The number of nitrogens with zero attached hydrogens (tertiary/aromatic N) is 10. The maximum atomic E-state index is 12.9. The van der Waals surface area contributed by atoms with Crippen molar-refractivity contribution in [1.82, 2.24) is 29.7 Å². The highest BCUT2D eigenvalue weighted by molar-refractivity contribution is 5.73. The summed E-state index contributed by atoms with van der Waals surface area (Å²) in [5.41, 5.74) is 6.91. The van der Waals surface area contributed by atoms with Crippen molar-refractivity contribution in [2.45, 2.75) is 51.4 Å². The number of benzene rings is 3. The van der Waals surface area contributed by atoms with E-state index in [2.05, 4.69) is 117 Å². The third-order valence-corrected chi connectivity index (χ3v) is 11.1. The Hall–Kier alpha value is -6.01.